The van der Waals surface area contributed by atoms with Crippen LogP contribution in [0.3, 0.4) is 0 Å². The monoisotopic (exact) mass is 1080 g/mol. The minimum Gasteiger partial charge on any atom is -0.462 e. The van der Waals surface area contributed by atoms with Gasteiger partial charge in [-0.1, -0.05) is 32.4 Å². The zero-order chi connectivity index (χ0) is 54.7. The van der Waals surface area contributed by atoms with E-state index in [2.05, 4.69) is 19.9 Å². The van der Waals surface area contributed by atoms with Crippen LogP contribution >= 0.6 is 0 Å². The van der Waals surface area contributed by atoms with E-state index in [4.69, 9.17) is 37.9 Å². The number of Topliss-reactive ketones (excluding diaryl/α,β-unsaturated/α-hetero) is 1. The van der Waals surface area contributed by atoms with Crippen molar-refractivity contribution in [2.45, 2.75) is 234 Å². The summed E-state index contributed by atoms with van der Waals surface area (Å²) < 4.78 is 48.5. The maximum Gasteiger partial charge on any atom is 0.306 e. The van der Waals surface area contributed by atoms with Gasteiger partial charge in [0.25, 0.3) is 0 Å². The van der Waals surface area contributed by atoms with E-state index in [1.165, 1.54) is 19.4 Å². The summed E-state index contributed by atoms with van der Waals surface area (Å²) in [6.45, 7) is 9.43. The maximum atomic E-state index is 13.5. The molecule has 5 aliphatic carbocycles. The molecule has 75 heavy (non-hydrogen) atoms. The van der Waals surface area contributed by atoms with E-state index in [0.29, 0.717) is 38.5 Å². The zero-order valence-electron chi connectivity index (χ0n) is 43.6. The third-order valence-corrected chi connectivity index (χ3v) is 19.0. The second-order valence-electron chi connectivity index (χ2n) is 23.7. The molecule has 0 radical (unpaired) electrons. The molecule has 0 spiro atoms. The van der Waals surface area contributed by atoms with Crippen molar-refractivity contribution in [3.05, 3.63) is 11.6 Å². The standard InChI is InChI=1S/C52H84O23/c1-20(19-68-45-27(17-53)36(59)39(62)40(63)41(45)64)7-10-32(56)72-30-16-29-26-9-8-24-15-25(11-13-51(24,5)28(26)12-14-52(29,6)33(30)21(2)55)71-50-47(75-49-43(66)38(61)35(58)23(4)70-49)44(67)46(31(18-54)73-50)74-48-42(65)37(60)34(57)22(3)69-48/h8,20,22-23,25-31,33-50,53-54,57-67H,7,9-19H2,1-6H3/t20-,22+,23+,25+,26-,27-,28+,29+,30+,31-,33+,34+,35+,36+,37-,38-,39+,40-,41?,42-,43-,44+,45?,46-,47-,48?,49+,50-,51+,52+/m1/s1. The Morgan fingerprint density at radius 1 is 0.680 bits per heavy atom. The lowest BCUT2D eigenvalue weighted by Gasteiger charge is -2.58. The van der Waals surface area contributed by atoms with E-state index < -0.39 is 171 Å². The number of aliphatic hydroxyl groups is 13. The van der Waals surface area contributed by atoms with Crippen molar-refractivity contribution in [1.82, 2.24) is 0 Å². The smallest absolute Gasteiger partial charge is 0.306 e. The fourth-order valence-corrected chi connectivity index (χ4v) is 14.5. The van der Waals surface area contributed by atoms with Gasteiger partial charge < -0.3 is 104 Å². The van der Waals surface area contributed by atoms with Crippen molar-refractivity contribution in [2.24, 2.45) is 46.3 Å². The van der Waals surface area contributed by atoms with E-state index in [1.807, 2.05) is 6.92 Å². The molecule has 4 saturated carbocycles. The topological polar surface area (TPSA) is 371 Å². The van der Waals surface area contributed by atoms with Crippen LogP contribution in [0.25, 0.3) is 0 Å². The Kier molecular flexibility index (Phi) is 18.7. The molecule has 0 aromatic rings. The average Bonchev–Trinajstić information content (AvgIpc) is 3.68. The molecule has 430 valence electrons. The number of allylic oxidation sites excluding steroid dienone is 1. The molecule has 7 fully saturated rings. The molecule has 3 saturated heterocycles. The van der Waals surface area contributed by atoms with Crippen molar-refractivity contribution in [3.63, 3.8) is 0 Å². The Hall–Kier alpha value is -1.92. The van der Waals surface area contributed by atoms with Gasteiger partial charge in [0.1, 0.15) is 91.2 Å². The molecule has 0 bridgehead atoms. The molecule has 8 aliphatic rings. The highest BCUT2D eigenvalue weighted by atomic mass is 16.8. The van der Waals surface area contributed by atoms with Gasteiger partial charge in [-0.2, -0.15) is 0 Å². The number of ketones is 1. The van der Waals surface area contributed by atoms with Gasteiger partial charge in [-0.05, 0) is 107 Å². The number of hydrogen-bond donors (Lipinski definition) is 13. The van der Waals surface area contributed by atoms with Gasteiger partial charge in [-0.15, -0.1) is 0 Å². The molecule has 3 unspecified atom stereocenters. The normalized spacial score (nSPS) is 51.5. The summed E-state index contributed by atoms with van der Waals surface area (Å²) >= 11 is 0. The number of esters is 1. The number of carbonyl (C=O) groups excluding carboxylic acids is 2. The molecule has 23 nitrogen and oxygen atoms in total. The molecule has 0 aromatic heterocycles. The van der Waals surface area contributed by atoms with Crippen molar-refractivity contribution in [2.75, 3.05) is 19.8 Å². The van der Waals surface area contributed by atoms with Crippen LogP contribution in [0, 0.1) is 46.3 Å². The first kappa shape index (κ1) is 59.2. The highest BCUT2D eigenvalue weighted by Gasteiger charge is 2.64. The third-order valence-electron chi connectivity index (χ3n) is 19.0. The fourth-order valence-electron chi connectivity index (χ4n) is 14.5. The second-order valence-corrected chi connectivity index (χ2v) is 23.7. The largest absolute Gasteiger partial charge is 0.462 e. The van der Waals surface area contributed by atoms with Crippen LogP contribution in [0.1, 0.15) is 99.3 Å². The van der Waals surface area contributed by atoms with E-state index in [-0.39, 0.29) is 47.9 Å². The SMILES string of the molecule is CC(=O)[C@H]1[C@@H](OC(=O)CC[C@@H](C)COC2C(O)[C@H](O)[C@@H](O)[C@@H](O)[C@H]2CO)C[C@H]2[C@@H]3CC=C4C[C@@H](O[C@@H]5O[C@H](CO)[C@@H](OC6O[C@@H](C)[C@H](O)[C@@H](O)[C@H]6O)[C@H](O)[C@H]5O[C@@H]5O[C@@H](C)[C@H](O)[C@@H](O)[C@H]5O)CC[C@]4(C)[C@H]3CC[C@@]21C. The Labute approximate surface area is 436 Å². The van der Waals surface area contributed by atoms with Crippen LogP contribution in [0.15, 0.2) is 11.6 Å². The summed E-state index contributed by atoms with van der Waals surface area (Å²) in [7, 11) is 0. The molecule has 0 amide bonds. The number of ether oxygens (including phenoxy) is 8. The summed E-state index contributed by atoms with van der Waals surface area (Å²) in [5, 5.41) is 137. The Balaban J connectivity index is 0.925. The first-order valence-electron chi connectivity index (χ1n) is 27.0. The van der Waals surface area contributed by atoms with Gasteiger partial charge in [-0.3, -0.25) is 9.59 Å². The van der Waals surface area contributed by atoms with Gasteiger partial charge >= 0.3 is 5.97 Å². The molecule has 23 heteroatoms. The Morgan fingerprint density at radius 3 is 1.88 bits per heavy atom. The first-order chi connectivity index (χ1) is 35.4. The van der Waals surface area contributed by atoms with Crippen LogP contribution in [0.2, 0.25) is 0 Å². The molecular weight excluding hydrogens is 993 g/mol. The molecule has 13 N–H and O–H groups in total. The Morgan fingerprint density at radius 2 is 1.28 bits per heavy atom. The second kappa shape index (κ2) is 23.7. The predicted molar refractivity (Wildman–Crippen MR) is 255 cm³/mol. The summed E-state index contributed by atoms with van der Waals surface area (Å²) in [4.78, 5) is 27.1. The van der Waals surface area contributed by atoms with Crippen molar-refractivity contribution < 1.29 is 114 Å². The molecule has 3 heterocycles. The molecular formula is C52H84O23. The van der Waals surface area contributed by atoms with Crippen LogP contribution in [0.4, 0.5) is 0 Å². The number of aliphatic hydroxyl groups excluding tert-OH is 13. The van der Waals surface area contributed by atoms with Crippen LogP contribution in [-0.4, -0.2) is 233 Å². The molecule has 0 aromatic carbocycles. The number of carbonyl (C=O) groups is 2. The lowest BCUT2D eigenvalue weighted by molar-refractivity contribution is -0.388. The third kappa shape index (κ3) is 11.3. The summed E-state index contributed by atoms with van der Waals surface area (Å²) in [6.07, 6.45) is -24.0. The Bertz CT molecular complexity index is 1980. The first-order valence-corrected chi connectivity index (χ1v) is 27.0. The van der Waals surface area contributed by atoms with E-state index in [0.717, 1.165) is 12.8 Å². The fraction of sp³-hybridized carbons (Fsp3) is 0.923. The molecule has 8 rings (SSSR count). The summed E-state index contributed by atoms with van der Waals surface area (Å²) in [5.74, 6) is -1.78. The van der Waals surface area contributed by atoms with Gasteiger partial charge in [0, 0.05) is 18.9 Å². The predicted octanol–water partition coefficient (Wildman–Crippen LogP) is -2.57. The van der Waals surface area contributed by atoms with Crippen molar-refractivity contribution in [1.29, 1.82) is 0 Å². The molecule has 30 atom stereocenters. The van der Waals surface area contributed by atoms with E-state index in [9.17, 15) is 76.0 Å². The quantitative estimate of drug-likeness (QED) is 0.0558. The lowest BCUT2D eigenvalue weighted by atomic mass is 9.47. The van der Waals surface area contributed by atoms with Crippen LogP contribution in [-0.2, 0) is 47.5 Å². The number of rotatable bonds is 16. The lowest BCUT2D eigenvalue weighted by Crippen LogP contribution is -2.66. The van der Waals surface area contributed by atoms with E-state index in [1.54, 1.807) is 6.92 Å². The highest BCUT2D eigenvalue weighted by Crippen LogP contribution is 2.67. The molecule has 3 aliphatic heterocycles. The number of hydrogen-bond acceptors (Lipinski definition) is 23. The van der Waals surface area contributed by atoms with Crippen molar-refractivity contribution in [3.8, 4) is 0 Å². The average molecular weight is 1080 g/mol. The van der Waals surface area contributed by atoms with Crippen molar-refractivity contribution >= 4 is 11.8 Å². The van der Waals surface area contributed by atoms with Gasteiger partial charge in [0.15, 0.2) is 18.9 Å². The zero-order valence-corrected chi connectivity index (χ0v) is 43.6. The summed E-state index contributed by atoms with van der Waals surface area (Å²) in [5.41, 5.74) is 0.488. The van der Waals surface area contributed by atoms with Gasteiger partial charge in [0.2, 0.25) is 0 Å². The minimum absolute atomic E-state index is 0.0261. The minimum atomic E-state index is -1.78. The van der Waals surface area contributed by atoms with Gasteiger partial charge in [0.05, 0.1) is 49.7 Å². The van der Waals surface area contributed by atoms with Crippen LogP contribution in [0.5, 0.6) is 0 Å². The summed E-state index contributed by atoms with van der Waals surface area (Å²) in [6, 6.07) is 0. The number of fused-ring (bicyclic) bond motifs is 5. The maximum absolute atomic E-state index is 13.5. The van der Waals surface area contributed by atoms with Gasteiger partial charge in [-0.25, -0.2) is 0 Å². The van der Waals surface area contributed by atoms with E-state index >= 15 is 0 Å². The highest BCUT2D eigenvalue weighted by molar-refractivity contribution is 5.81. The van der Waals surface area contributed by atoms with Crippen LogP contribution < -0.4 is 0 Å².